The number of nitrogens with zero attached hydrogens (tertiary/aromatic N) is 2. The summed E-state index contributed by atoms with van der Waals surface area (Å²) in [6.45, 7) is -0.259. The van der Waals surface area contributed by atoms with Gasteiger partial charge in [-0.1, -0.05) is 12.1 Å². The number of ether oxygens (including phenoxy) is 1. The predicted molar refractivity (Wildman–Crippen MR) is 112 cm³/mol. The molecule has 2 heterocycles. The van der Waals surface area contributed by atoms with Crippen molar-refractivity contribution in [2.45, 2.75) is 0 Å². The van der Waals surface area contributed by atoms with Crippen LogP contribution in [-0.4, -0.2) is 37.7 Å². The van der Waals surface area contributed by atoms with E-state index in [4.69, 9.17) is 9.94 Å². The number of fused-ring (bicyclic) bond motifs is 2. The largest absolute Gasteiger partial charge is 0.484 e. The quantitative estimate of drug-likeness (QED) is 0.266. The maximum atomic E-state index is 11.0. The first-order valence-electron chi connectivity index (χ1n) is 9.31. The number of para-hydroxylation sites is 2. The summed E-state index contributed by atoms with van der Waals surface area (Å²) >= 11 is 0. The lowest BCUT2D eigenvalue weighted by molar-refractivity contribution is -0.131. The summed E-state index contributed by atoms with van der Waals surface area (Å²) in [5, 5.41) is 8.51. The lowest BCUT2D eigenvalue weighted by Gasteiger charge is -2.05. The van der Waals surface area contributed by atoms with Gasteiger partial charge in [0.05, 0.1) is 22.1 Å². The third-order valence-electron chi connectivity index (χ3n) is 4.77. The highest BCUT2D eigenvalue weighted by molar-refractivity contribution is 5.85. The Labute approximate surface area is 170 Å². The van der Waals surface area contributed by atoms with E-state index in [0.717, 1.165) is 44.8 Å². The van der Waals surface area contributed by atoms with Crippen LogP contribution in [0.2, 0.25) is 0 Å². The Bertz CT molecular complexity index is 1320. The highest BCUT2D eigenvalue weighted by atomic mass is 16.5. The van der Waals surface area contributed by atoms with Crippen LogP contribution in [0.25, 0.3) is 44.8 Å². The van der Waals surface area contributed by atoms with Crippen molar-refractivity contribution in [2.24, 2.45) is 0 Å². The molecule has 0 saturated carbocycles. The van der Waals surface area contributed by atoms with Crippen LogP contribution in [0, 0.1) is 0 Å². The number of rotatable bonds is 5. The van der Waals surface area contributed by atoms with E-state index < -0.39 is 5.91 Å². The van der Waals surface area contributed by atoms with Crippen LogP contribution in [0.5, 0.6) is 5.75 Å². The first-order valence-corrected chi connectivity index (χ1v) is 9.31. The zero-order valence-electron chi connectivity index (χ0n) is 15.7. The summed E-state index contributed by atoms with van der Waals surface area (Å²) in [5.74, 6) is 1.44. The highest BCUT2D eigenvalue weighted by Crippen LogP contribution is 2.27. The lowest BCUT2D eigenvalue weighted by atomic mass is 10.2. The summed E-state index contributed by atoms with van der Waals surface area (Å²) in [6, 6.07) is 21.1. The fourth-order valence-corrected chi connectivity index (χ4v) is 3.27. The smallest absolute Gasteiger partial charge is 0.281 e. The minimum absolute atomic E-state index is 0.259. The van der Waals surface area contributed by atoms with Crippen molar-refractivity contribution in [3.05, 3.63) is 66.7 Å². The second-order valence-corrected chi connectivity index (χ2v) is 6.77. The molecule has 8 heteroatoms. The van der Waals surface area contributed by atoms with Gasteiger partial charge in [-0.15, -0.1) is 0 Å². The van der Waals surface area contributed by atoms with Gasteiger partial charge in [0.2, 0.25) is 0 Å². The van der Waals surface area contributed by atoms with E-state index in [2.05, 4.69) is 19.9 Å². The Balaban J connectivity index is 1.41. The summed E-state index contributed by atoms with van der Waals surface area (Å²) in [7, 11) is 0. The number of aromatic amines is 2. The molecule has 0 bridgehead atoms. The van der Waals surface area contributed by atoms with Crippen molar-refractivity contribution < 1.29 is 14.7 Å². The van der Waals surface area contributed by atoms with E-state index in [1.807, 2.05) is 54.6 Å². The van der Waals surface area contributed by atoms with Crippen LogP contribution in [0.1, 0.15) is 0 Å². The molecule has 148 valence electrons. The minimum Gasteiger partial charge on any atom is -0.484 e. The van der Waals surface area contributed by atoms with Crippen LogP contribution in [-0.2, 0) is 4.79 Å². The summed E-state index contributed by atoms with van der Waals surface area (Å²) in [4.78, 5) is 27.0. The molecule has 4 N–H and O–H groups in total. The van der Waals surface area contributed by atoms with Gasteiger partial charge in [0.25, 0.3) is 5.91 Å². The average Bonchev–Trinajstić information content (AvgIpc) is 3.41. The van der Waals surface area contributed by atoms with Crippen LogP contribution in [0.15, 0.2) is 66.7 Å². The second kappa shape index (κ2) is 7.34. The Morgan fingerprint density at radius 3 is 2.30 bits per heavy atom. The van der Waals surface area contributed by atoms with Crippen LogP contribution >= 0.6 is 0 Å². The molecule has 3 aromatic carbocycles. The zero-order chi connectivity index (χ0) is 20.5. The van der Waals surface area contributed by atoms with Crippen LogP contribution in [0.4, 0.5) is 0 Å². The number of carbonyl (C=O) groups excluding carboxylic acids is 1. The van der Waals surface area contributed by atoms with E-state index in [9.17, 15) is 4.79 Å². The molecule has 0 radical (unpaired) electrons. The van der Waals surface area contributed by atoms with Crippen molar-refractivity contribution in [1.29, 1.82) is 0 Å². The topological polar surface area (TPSA) is 116 Å². The van der Waals surface area contributed by atoms with Crippen LogP contribution < -0.4 is 10.2 Å². The summed E-state index contributed by atoms with van der Waals surface area (Å²) in [5.41, 5.74) is 7.06. The number of hydrogen-bond acceptors (Lipinski definition) is 5. The molecule has 5 rings (SSSR count). The van der Waals surface area contributed by atoms with Crippen molar-refractivity contribution in [3.8, 4) is 28.5 Å². The number of imidazole rings is 2. The molecule has 1 amide bonds. The molecule has 0 aliphatic heterocycles. The van der Waals surface area contributed by atoms with Gasteiger partial charge in [0.1, 0.15) is 17.4 Å². The highest BCUT2D eigenvalue weighted by Gasteiger charge is 2.10. The van der Waals surface area contributed by atoms with E-state index >= 15 is 0 Å². The fraction of sp³-hybridized carbons (Fsp3) is 0.0455. The van der Waals surface area contributed by atoms with Gasteiger partial charge in [0, 0.05) is 11.1 Å². The van der Waals surface area contributed by atoms with Gasteiger partial charge in [-0.05, 0) is 54.6 Å². The molecule has 5 aromatic rings. The maximum Gasteiger partial charge on any atom is 0.281 e. The first kappa shape index (κ1) is 17.9. The Morgan fingerprint density at radius 1 is 0.867 bits per heavy atom. The number of nitrogens with one attached hydrogen (secondary N) is 3. The van der Waals surface area contributed by atoms with Gasteiger partial charge < -0.3 is 14.7 Å². The average molecular weight is 399 g/mol. The first-order chi connectivity index (χ1) is 14.7. The van der Waals surface area contributed by atoms with E-state index in [0.29, 0.717) is 5.75 Å². The summed E-state index contributed by atoms with van der Waals surface area (Å²) in [6.07, 6.45) is 0. The third kappa shape index (κ3) is 3.36. The molecule has 8 nitrogen and oxygen atoms in total. The number of hydroxylamine groups is 1. The molecular formula is C22H17N5O3. The van der Waals surface area contributed by atoms with Gasteiger partial charge in [0.15, 0.2) is 6.61 Å². The minimum atomic E-state index is -0.614. The van der Waals surface area contributed by atoms with Crippen molar-refractivity contribution >= 4 is 28.0 Å². The van der Waals surface area contributed by atoms with E-state index in [-0.39, 0.29) is 6.61 Å². The summed E-state index contributed by atoms with van der Waals surface area (Å²) < 4.78 is 5.29. The molecule has 0 fully saturated rings. The van der Waals surface area contributed by atoms with Crippen molar-refractivity contribution in [1.82, 2.24) is 25.4 Å². The second-order valence-electron chi connectivity index (χ2n) is 6.77. The predicted octanol–water partition coefficient (Wildman–Crippen LogP) is 3.66. The van der Waals surface area contributed by atoms with Crippen molar-refractivity contribution in [2.75, 3.05) is 6.61 Å². The number of hydrogen-bond donors (Lipinski definition) is 4. The molecule has 0 aliphatic rings. The number of carbonyl (C=O) groups is 1. The molecule has 0 aliphatic carbocycles. The number of amides is 1. The number of aromatic nitrogens is 4. The van der Waals surface area contributed by atoms with Gasteiger partial charge in [-0.3, -0.25) is 10.0 Å². The van der Waals surface area contributed by atoms with Gasteiger partial charge in [-0.2, -0.15) is 0 Å². The Morgan fingerprint density at radius 2 is 1.53 bits per heavy atom. The van der Waals surface area contributed by atoms with Gasteiger partial charge >= 0.3 is 0 Å². The molecule has 0 unspecified atom stereocenters. The maximum absolute atomic E-state index is 11.0. The van der Waals surface area contributed by atoms with Crippen molar-refractivity contribution in [3.63, 3.8) is 0 Å². The molecule has 0 atom stereocenters. The third-order valence-corrected chi connectivity index (χ3v) is 4.77. The molecule has 0 spiro atoms. The fourth-order valence-electron chi connectivity index (χ4n) is 3.27. The molecule has 0 saturated heterocycles. The van der Waals surface area contributed by atoms with Crippen LogP contribution in [0.3, 0.4) is 0 Å². The van der Waals surface area contributed by atoms with E-state index in [1.165, 1.54) is 5.48 Å². The van der Waals surface area contributed by atoms with Gasteiger partial charge in [-0.25, -0.2) is 15.4 Å². The standard InChI is InChI=1S/C22H17N5O3/c28-20(27-29)12-30-15-8-5-13(6-9-15)21-25-18-10-7-14(11-19(18)26-21)22-23-16-3-1-2-4-17(16)24-22/h1-11,29H,12H2,(H,23,24)(H,25,26)(H,27,28). The molecule has 30 heavy (non-hydrogen) atoms. The molecular weight excluding hydrogens is 382 g/mol. The number of H-pyrrole nitrogens is 2. The Kier molecular flexibility index (Phi) is 4.38. The SMILES string of the molecule is O=C(COc1ccc(-c2nc3ccc(-c4nc5ccccc5[nH]4)cc3[nH]2)cc1)NO. The Hall–Kier alpha value is -4.17. The lowest BCUT2D eigenvalue weighted by Crippen LogP contribution is -2.25. The normalized spacial score (nSPS) is 11.1. The zero-order valence-corrected chi connectivity index (χ0v) is 15.7. The number of benzene rings is 3. The molecule has 2 aromatic heterocycles. The van der Waals surface area contributed by atoms with E-state index in [1.54, 1.807) is 12.1 Å². The monoisotopic (exact) mass is 399 g/mol.